The largest absolute Gasteiger partial charge is 0.366 e. The van der Waals surface area contributed by atoms with Gasteiger partial charge in [-0.25, -0.2) is 0 Å². The first-order valence-electron chi connectivity index (χ1n) is 7.72. The summed E-state index contributed by atoms with van der Waals surface area (Å²) in [6.07, 6.45) is 1.51. The Morgan fingerprint density at radius 3 is 1.83 bits per heavy atom. The van der Waals surface area contributed by atoms with E-state index in [2.05, 4.69) is 30.3 Å². The number of hydrogen-bond acceptors (Lipinski definition) is 1. The molecule has 2 nitrogen and oxygen atoms in total. The Labute approximate surface area is 136 Å². The summed E-state index contributed by atoms with van der Waals surface area (Å²) >= 11 is 0. The van der Waals surface area contributed by atoms with Crippen LogP contribution >= 0.6 is 0 Å². The zero-order valence-electron chi connectivity index (χ0n) is 12.9. The highest BCUT2D eigenvalue weighted by Crippen LogP contribution is 2.22. The van der Waals surface area contributed by atoms with E-state index < -0.39 is 0 Å². The van der Waals surface area contributed by atoms with Crippen molar-refractivity contribution >= 4 is 5.91 Å². The summed E-state index contributed by atoms with van der Waals surface area (Å²) in [4.78, 5) is 11.8. The Hall–Kier alpha value is -2.87. The van der Waals surface area contributed by atoms with Crippen LogP contribution in [0.1, 0.15) is 32.6 Å². The molecule has 114 valence electrons. The second-order valence-electron chi connectivity index (χ2n) is 5.63. The Morgan fingerprint density at radius 2 is 1.26 bits per heavy atom. The molecule has 0 radical (unpaired) electrons. The molecule has 0 fully saturated rings. The van der Waals surface area contributed by atoms with E-state index in [1.165, 1.54) is 11.1 Å². The maximum absolute atomic E-state index is 11.8. The highest BCUT2D eigenvalue weighted by atomic mass is 16.1. The van der Waals surface area contributed by atoms with Gasteiger partial charge in [0.2, 0.25) is 5.91 Å². The summed E-state index contributed by atoms with van der Waals surface area (Å²) < 4.78 is 0. The third-order valence-corrected chi connectivity index (χ3v) is 4.00. The van der Waals surface area contributed by atoms with Gasteiger partial charge in [0, 0.05) is 5.56 Å². The van der Waals surface area contributed by atoms with Crippen molar-refractivity contribution in [1.82, 2.24) is 0 Å². The average Bonchev–Trinajstić information content (AvgIpc) is 2.58. The Morgan fingerprint density at radius 1 is 0.696 bits per heavy atom. The predicted octanol–water partition coefficient (Wildman–Crippen LogP) is 3.97. The van der Waals surface area contributed by atoms with Crippen molar-refractivity contribution in [3.8, 4) is 0 Å². The van der Waals surface area contributed by atoms with E-state index in [9.17, 15) is 4.79 Å². The first-order valence-corrected chi connectivity index (χ1v) is 7.72. The molecule has 3 aromatic rings. The molecule has 2 heteroatoms. The molecular weight excluding hydrogens is 282 g/mol. The van der Waals surface area contributed by atoms with Crippen LogP contribution in [-0.4, -0.2) is 5.91 Å². The van der Waals surface area contributed by atoms with Crippen molar-refractivity contribution < 1.29 is 4.79 Å². The third kappa shape index (κ3) is 3.67. The number of hydrogen-bond donors (Lipinski definition) is 1. The predicted molar refractivity (Wildman–Crippen MR) is 93.5 cm³/mol. The molecule has 0 aromatic heterocycles. The van der Waals surface area contributed by atoms with E-state index in [-0.39, 0.29) is 5.91 Å². The van der Waals surface area contributed by atoms with Crippen LogP contribution < -0.4 is 5.73 Å². The van der Waals surface area contributed by atoms with E-state index in [0.717, 1.165) is 17.5 Å². The number of carbonyl (C=O) groups excluding carboxylic acids is 1. The number of carbonyl (C=O) groups is 1. The zero-order valence-corrected chi connectivity index (χ0v) is 12.9. The van der Waals surface area contributed by atoms with Crippen molar-refractivity contribution in [3.05, 3.63) is 107 Å². The maximum atomic E-state index is 11.8. The summed E-state index contributed by atoms with van der Waals surface area (Å²) in [5, 5.41) is 0. The smallest absolute Gasteiger partial charge is 0.248 e. The van der Waals surface area contributed by atoms with Gasteiger partial charge in [0.1, 0.15) is 0 Å². The van der Waals surface area contributed by atoms with Crippen LogP contribution in [0.3, 0.4) is 0 Å². The molecule has 0 aliphatic carbocycles. The number of rotatable bonds is 5. The topological polar surface area (TPSA) is 43.1 Å². The van der Waals surface area contributed by atoms with Crippen LogP contribution in [0.25, 0.3) is 0 Å². The van der Waals surface area contributed by atoms with Crippen LogP contribution in [0.15, 0.2) is 78.9 Å². The molecule has 3 rings (SSSR count). The summed E-state index contributed by atoms with van der Waals surface area (Å²) in [5.41, 5.74) is 10.8. The average molecular weight is 301 g/mol. The van der Waals surface area contributed by atoms with E-state index in [1.54, 1.807) is 0 Å². The van der Waals surface area contributed by atoms with Crippen molar-refractivity contribution in [3.63, 3.8) is 0 Å². The fraction of sp³-hybridized carbons (Fsp3) is 0.0952. The Kier molecular flexibility index (Phi) is 4.53. The fourth-order valence-electron chi connectivity index (χ4n) is 2.86. The molecule has 0 aliphatic heterocycles. The van der Waals surface area contributed by atoms with Crippen LogP contribution in [0.2, 0.25) is 0 Å². The van der Waals surface area contributed by atoms with E-state index in [4.69, 9.17) is 5.73 Å². The zero-order chi connectivity index (χ0) is 16.1. The molecule has 0 saturated heterocycles. The van der Waals surface area contributed by atoms with Crippen LogP contribution in [0.5, 0.6) is 0 Å². The standard InChI is InChI=1S/C21H19NO/c22-21(23)19-13-7-12-18(14-16-8-3-1-4-9-16)20(19)15-17-10-5-2-6-11-17/h1-13H,14-15H2,(H2,22,23). The molecule has 1 amide bonds. The quantitative estimate of drug-likeness (QED) is 0.761. The number of amides is 1. The number of primary amides is 1. The van der Waals surface area contributed by atoms with Crippen LogP contribution in [0.4, 0.5) is 0 Å². The van der Waals surface area contributed by atoms with Crippen molar-refractivity contribution in [2.45, 2.75) is 12.8 Å². The third-order valence-electron chi connectivity index (χ3n) is 4.00. The van der Waals surface area contributed by atoms with E-state index in [0.29, 0.717) is 12.0 Å². The van der Waals surface area contributed by atoms with E-state index in [1.807, 2.05) is 48.5 Å². The van der Waals surface area contributed by atoms with Crippen molar-refractivity contribution in [2.75, 3.05) is 0 Å². The van der Waals surface area contributed by atoms with Gasteiger partial charge in [-0.05, 0) is 41.2 Å². The normalized spacial score (nSPS) is 10.4. The lowest BCUT2D eigenvalue weighted by molar-refractivity contribution is 0.0999. The second kappa shape index (κ2) is 6.93. The van der Waals surface area contributed by atoms with Gasteiger partial charge in [0.25, 0.3) is 0 Å². The van der Waals surface area contributed by atoms with Crippen LogP contribution in [0, 0.1) is 0 Å². The molecule has 2 N–H and O–H groups in total. The minimum Gasteiger partial charge on any atom is -0.366 e. The van der Waals surface area contributed by atoms with Gasteiger partial charge in [0.05, 0.1) is 0 Å². The molecule has 23 heavy (non-hydrogen) atoms. The Balaban J connectivity index is 2.01. The summed E-state index contributed by atoms with van der Waals surface area (Å²) in [5.74, 6) is -0.370. The molecule has 0 bridgehead atoms. The highest BCUT2D eigenvalue weighted by Gasteiger charge is 2.13. The lowest BCUT2D eigenvalue weighted by Gasteiger charge is -2.14. The molecule has 0 heterocycles. The first-order chi connectivity index (χ1) is 11.2. The van der Waals surface area contributed by atoms with Gasteiger partial charge in [0.15, 0.2) is 0 Å². The van der Waals surface area contributed by atoms with Crippen molar-refractivity contribution in [2.24, 2.45) is 5.73 Å². The second-order valence-corrected chi connectivity index (χ2v) is 5.63. The van der Waals surface area contributed by atoms with Gasteiger partial charge in [-0.3, -0.25) is 4.79 Å². The van der Waals surface area contributed by atoms with Gasteiger partial charge in [-0.15, -0.1) is 0 Å². The molecule has 0 spiro atoms. The Bertz CT molecular complexity index is 795. The number of nitrogens with two attached hydrogens (primary N) is 1. The van der Waals surface area contributed by atoms with Gasteiger partial charge >= 0.3 is 0 Å². The molecular formula is C21H19NO. The summed E-state index contributed by atoms with van der Waals surface area (Å²) in [7, 11) is 0. The highest BCUT2D eigenvalue weighted by molar-refractivity contribution is 5.94. The van der Waals surface area contributed by atoms with Crippen LogP contribution in [-0.2, 0) is 12.8 Å². The fourth-order valence-corrected chi connectivity index (χ4v) is 2.86. The minimum absolute atomic E-state index is 0.370. The lowest BCUT2D eigenvalue weighted by atomic mass is 9.91. The molecule has 0 saturated carbocycles. The number of benzene rings is 3. The summed E-state index contributed by atoms with van der Waals surface area (Å²) in [6, 6.07) is 26.2. The molecule has 0 aliphatic rings. The molecule has 0 unspecified atom stereocenters. The first kappa shape index (κ1) is 15.0. The maximum Gasteiger partial charge on any atom is 0.248 e. The molecule has 0 atom stereocenters. The monoisotopic (exact) mass is 301 g/mol. The lowest BCUT2D eigenvalue weighted by Crippen LogP contribution is -2.15. The van der Waals surface area contributed by atoms with Gasteiger partial charge in [-0.1, -0.05) is 72.8 Å². The minimum atomic E-state index is -0.370. The molecule has 3 aromatic carbocycles. The van der Waals surface area contributed by atoms with Gasteiger partial charge < -0.3 is 5.73 Å². The summed E-state index contributed by atoms with van der Waals surface area (Å²) in [6.45, 7) is 0. The van der Waals surface area contributed by atoms with E-state index >= 15 is 0 Å². The van der Waals surface area contributed by atoms with Gasteiger partial charge in [-0.2, -0.15) is 0 Å². The van der Waals surface area contributed by atoms with Crippen molar-refractivity contribution in [1.29, 1.82) is 0 Å². The SMILES string of the molecule is NC(=O)c1cccc(Cc2ccccc2)c1Cc1ccccc1.